The Labute approximate surface area is 164 Å². The number of nitrogens with one attached hydrogen (secondary N) is 2. The molecule has 0 saturated carbocycles. The average Bonchev–Trinajstić information content (AvgIpc) is 3.04. The van der Waals surface area contributed by atoms with E-state index in [1.807, 2.05) is 13.0 Å². The van der Waals surface area contributed by atoms with E-state index in [0.29, 0.717) is 10.7 Å². The van der Waals surface area contributed by atoms with Crippen molar-refractivity contribution in [3.05, 3.63) is 34.3 Å². The van der Waals surface area contributed by atoms with Gasteiger partial charge in [0.25, 0.3) is 0 Å². The fourth-order valence-corrected chi connectivity index (χ4v) is 4.64. The maximum atomic E-state index is 12.4. The number of sulfonamides is 1. The van der Waals surface area contributed by atoms with Crippen LogP contribution in [0.1, 0.15) is 48.7 Å². The Kier molecular flexibility index (Phi) is 7.88. The molecule has 0 aliphatic heterocycles. The minimum Gasteiger partial charge on any atom is -0.300 e. The monoisotopic (exact) mass is 410 g/mol. The van der Waals surface area contributed by atoms with E-state index in [-0.39, 0.29) is 23.8 Å². The van der Waals surface area contributed by atoms with Gasteiger partial charge in [0.1, 0.15) is 5.01 Å². The maximum absolute atomic E-state index is 12.4. The first kappa shape index (κ1) is 21.5. The summed E-state index contributed by atoms with van der Waals surface area (Å²) < 4.78 is 27.3. The van der Waals surface area contributed by atoms with Crippen molar-refractivity contribution in [2.45, 2.75) is 57.8 Å². The van der Waals surface area contributed by atoms with Crippen molar-refractivity contribution in [3.8, 4) is 0 Å². The molecule has 0 fully saturated rings. The highest BCUT2D eigenvalue weighted by Gasteiger charge is 2.17. The number of carbonyl (C=O) groups is 1. The van der Waals surface area contributed by atoms with Crippen molar-refractivity contribution in [3.63, 3.8) is 0 Å². The molecule has 0 radical (unpaired) electrons. The highest BCUT2D eigenvalue weighted by Crippen LogP contribution is 2.18. The second-order valence-electron chi connectivity index (χ2n) is 6.42. The number of aryl methyl sites for hydroxylation is 3. The van der Waals surface area contributed by atoms with Crippen molar-refractivity contribution >= 4 is 32.4 Å². The van der Waals surface area contributed by atoms with Gasteiger partial charge in [-0.25, -0.2) is 13.1 Å². The first-order chi connectivity index (χ1) is 12.8. The molecule has 2 N–H and O–H groups in total. The van der Waals surface area contributed by atoms with Crippen LogP contribution in [0.5, 0.6) is 0 Å². The van der Waals surface area contributed by atoms with E-state index in [4.69, 9.17) is 0 Å². The van der Waals surface area contributed by atoms with E-state index in [2.05, 4.69) is 27.2 Å². The standard InChI is InChI=1S/C18H26N4O3S2/c1-4-5-6-7-17-21-22-18(26-17)20-16(23)10-11-19-27(24,25)15-12-13(2)8-9-14(15)3/h8-9,12,19H,4-7,10-11H2,1-3H3,(H,20,22,23). The number of benzene rings is 1. The summed E-state index contributed by atoms with van der Waals surface area (Å²) in [7, 11) is -3.65. The van der Waals surface area contributed by atoms with E-state index in [9.17, 15) is 13.2 Å². The number of carbonyl (C=O) groups excluding carboxylic acids is 1. The molecular formula is C18H26N4O3S2. The lowest BCUT2D eigenvalue weighted by Gasteiger charge is -2.10. The summed E-state index contributed by atoms with van der Waals surface area (Å²) in [5, 5.41) is 12.0. The average molecular weight is 411 g/mol. The molecule has 0 atom stereocenters. The van der Waals surface area contributed by atoms with Gasteiger partial charge in [-0.3, -0.25) is 4.79 Å². The Morgan fingerprint density at radius 3 is 2.70 bits per heavy atom. The van der Waals surface area contributed by atoms with Crippen LogP contribution in [-0.4, -0.2) is 31.1 Å². The van der Waals surface area contributed by atoms with Crippen LogP contribution >= 0.6 is 11.3 Å². The van der Waals surface area contributed by atoms with Crippen molar-refractivity contribution in [1.82, 2.24) is 14.9 Å². The summed E-state index contributed by atoms with van der Waals surface area (Å²) >= 11 is 1.36. The number of aromatic nitrogens is 2. The summed E-state index contributed by atoms with van der Waals surface area (Å²) in [5.74, 6) is -0.296. The minimum atomic E-state index is -3.65. The summed E-state index contributed by atoms with van der Waals surface area (Å²) in [6.07, 6.45) is 4.22. The van der Waals surface area contributed by atoms with Crippen molar-refractivity contribution < 1.29 is 13.2 Å². The Hall–Kier alpha value is -1.84. The molecule has 1 heterocycles. The topological polar surface area (TPSA) is 101 Å². The third-order valence-electron chi connectivity index (χ3n) is 3.98. The predicted molar refractivity (Wildman–Crippen MR) is 107 cm³/mol. The zero-order valence-corrected chi connectivity index (χ0v) is 17.5. The summed E-state index contributed by atoms with van der Waals surface area (Å²) in [6.45, 7) is 5.74. The summed E-state index contributed by atoms with van der Waals surface area (Å²) in [6, 6.07) is 5.25. The van der Waals surface area contributed by atoms with Gasteiger partial charge in [-0.2, -0.15) is 0 Å². The van der Waals surface area contributed by atoms with Crippen LogP contribution in [-0.2, 0) is 21.2 Å². The molecule has 1 aromatic heterocycles. The molecular weight excluding hydrogens is 384 g/mol. The highest BCUT2D eigenvalue weighted by atomic mass is 32.2. The SMILES string of the molecule is CCCCCc1nnc(NC(=O)CCNS(=O)(=O)c2cc(C)ccc2C)s1. The molecule has 2 aromatic rings. The van der Waals surface area contributed by atoms with Gasteiger partial charge < -0.3 is 5.32 Å². The van der Waals surface area contributed by atoms with Crippen LogP contribution < -0.4 is 10.0 Å². The molecule has 0 unspecified atom stereocenters. The molecule has 148 valence electrons. The third kappa shape index (κ3) is 6.67. The zero-order valence-electron chi connectivity index (χ0n) is 15.9. The van der Waals surface area contributed by atoms with E-state index in [0.717, 1.165) is 36.3 Å². The number of anilines is 1. The number of amides is 1. The van der Waals surface area contributed by atoms with Gasteiger partial charge >= 0.3 is 0 Å². The Morgan fingerprint density at radius 1 is 1.19 bits per heavy atom. The fraction of sp³-hybridized carbons (Fsp3) is 0.500. The molecule has 0 aliphatic rings. The summed E-state index contributed by atoms with van der Waals surface area (Å²) in [5.41, 5.74) is 1.53. The van der Waals surface area contributed by atoms with Gasteiger partial charge in [-0.1, -0.05) is 43.2 Å². The first-order valence-electron chi connectivity index (χ1n) is 9.01. The van der Waals surface area contributed by atoms with Gasteiger partial charge in [-0.05, 0) is 37.5 Å². The van der Waals surface area contributed by atoms with Gasteiger partial charge in [0.05, 0.1) is 4.90 Å². The van der Waals surface area contributed by atoms with Crippen molar-refractivity contribution in [2.24, 2.45) is 0 Å². The molecule has 0 spiro atoms. The molecule has 0 saturated heterocycles. The van der Waals surface area contributed by atoms with Crippen molar-refractivity contribution in [1.29, 1.82) is 0 Å². The predicted octanol–water partition coefficient (Wildman–Crippen LogP) is 3.19. The van der Waals surface area contributed by atoms with Crippen molar-refractivity contribution in [2.75, 3.05) is 11.9 Å². The van der Waals surface area contributed by atoms with Crippen LogP contribution in [0.3, 0.4) is 0 Å². The van der Waals surface area contributed by atoms with Gasteiger partial charge in [0.15, 0.2) is 0 Å². The molecule has 7 nitrogen and oxygen atoms in total. The van der Waals surface area contributed by atoms with E-state index >= 15 is 0 Å². The summed E-state index contributed by atoms with van der Waals surface area (Å²) in [4.78, 5) is 12.3. The lowest BCUT2D eigenvalue weighted by molar-refractivity contribution is -0.116. The zero-order chi connectivity index (χ0) is 19.9. The lowest BCUT2D eigenvalue weighted by Crippen LogP contribution is -2.28. The third-order valence-corrected chi connectivity index (χ3v) is 6.49. The Bertz CT molecular complexity index is 878. The van der Waals surface area contributed by atoms with Gasteiger partial charge in [0.2, 0.25) is 21.1 Å². The lowest BCUT2D eigenvalue weighted by atomic mass is 10.2. The minimum absolute atomic E-state index is 0.0176. The van der Waals surface area contributed by atoms with Crippen LogP contribution in [0.25, 0.3) is 0 Å². The molecule has 0 aliphatic carbocycles. The van der Waals surface area contributed by atoms with Crippen LogP contribution in [0.4, 0.5) is 5.13 Å². The maximum Gasteiger partial charge on any atom is 0.240 e. The number of hydrogen-bond donors (Lipinski definition) is 2. The number of rotatable bonds is 10. The second kappa shape index (κ2) is 9.91. The first-order valence-corrected chi connectivity index (χ1v) is 11.3. The highest BCUT2D eigenvalue weighted by molar-refractivity contribution is 7.89. The fourth-order valence-electron chi connectivity index (χ4n) is 2.49. The molecule has 1 aromatic carbocycles. The molecule has 2 rings (SSSR count). The second-order valence-corrected chi connectivity index (χ2v) is 9.22. The largest absolute Gasteiger partial charge is 0.300 e. The number of unbranched alkanes of at least 4 members (excludes halogenated alkanes) is 2. The van der Waals surface area contributed by atoms with Gasteiger partial charge in [-0.15, -0.1) is 10.2 Å². The van der Waals surface area contributed by atoms with Crippen LogP contribution in [0.15, 0.2) is 23.1 Å². The molecule has 0 bridgehead atoms. The van der Waals surface area contributed by atoms with E-state index in [1.165, 1.54) is 11.3 Å². The normalized spacial score (nSPS) is 11.5. The molecule has 27 heavy (non-hydrogen) atoms. The molecule has 1 amide bonds. The number of nitrogens with zero attached hydrogens (tertiary/aromatic N) is 2. The van der Waals surface area contributed by atoms with Crippen LogP contribution in [0.2, 0.25) is 0 Å². The molecule has 9 heteroatoms. The number of hydrogen-bond acceptors (Lipinski definition) is 6. The van der Waals surface area contributed by atoms with E-state index < -0.39 is 10.0 Å². The Balaban J connectivity index is 1.82. The Morgan fingerprint density at radius 2 is 1.96 bits per heavy atom. The quantitative estimate of drug-likeness (QED) is 0.586. The van der Waals surface area contributed by atoms with Gasteiger partial charge in [0, 0.05) is 19.4 Å². The smallest absolute Gasteiger partial charge is 0.240 e. The van der Waals surface area contributed by atoms with Crippen LogP contribution in [0, 0.1) is 13.8 Å². The van der Waals surface area contributed by atoms with E-state index in [1.54, 1.807) is 19.1 Å².